The molecule has 21 heavy (non-hydrogen) atoms. The molecule has 3 nitrogen and oxygen atoms in total. The summed E-state index contributed by atoms with van der Waals surface area (Å²) in [7, 11) is 0. The highest BCUT2D eigenvalue weighted by Gasteiger charge is 2.01. The molecular formula is C18H20N2O. The molecular weight excluding hydrogens is 260 g/mol. The number of hydrazone groups is 1. The molecule has 0 heterocycles. The first-order chi connectivity index (χ1) is 10.2. The molecule has 2 aromatic carbocycles. The van der Waals surface area contributed by atoms with Crippen LogP contribution >= 0.6 is 0 Å². The summed E-state index contributed by atoms with van der Waals surface area (Å²) < 4.78 is 0. The van der Waals surface area contributed by atoms with E-state index >= 15 is 0 Å². The summed E-state index contributed by atoms with van der Waals surface area (Å²) in [5.74, 6) is -0.109. The van der Waals surface area contributed by atoms with E-state index in [1.807, 2.05) is 43.3 Å². The van der Waals surface area contributed by atoms with E-state index < -0.39 is 0 Å². The fourth-order valence-corrected chi connectivity index (χ4v) is 1.95. The van der Waals surface area contributed by atoms with E-state index in [1.54, 1.807) is 6.21 Å². The van der Waals surface area contributed by atoms with Gasteiger partial charge in [-0.15, -0.1) is 0 Å². The van der Waals surface area contributed by atoms with E-state index in [2.05, 4.69) is 29.6 Å². The van der Waals surface area contributed by atoms with Crippen molar-refractivity contribution >= 4 is 12.1 Å². The summed E-state index contributed by atoms with van der Waals surface area (Å²) in [5, 5.41) is 3.98. The molecule has 0 saturated carbocycles. The molecule has 108 valence electrons. The first-order valence-electron chi connectivity index (χ1n) is 7.14. The van der Waals surface area contributed by atoms with Crippen LogP contribution in [0.25, 0.3) is 0 Å². The number of benzene rings is 2. The topological polar surface area (TPSA) is 41.5 Å². The van der Waals surface area contributed by atoms with E-state index in [0.29, 0.717) is 6.42 Å². The maximum Gasteiger partial charge on any atom is 0.244 e. The van der Waals surface area contributed by atoms with Crippen molar-refractivity contribution < 1.29 is 4.79 Å². The van der Waals surface area contributed by atoms with Crippen molar-refractivity contribution in [1.29, 1.82) is 0 Å². The van der Waals surface area contributed by atoms with Gasteiger partial charge in [-0.2, -0.15) is 5.10 Å². The SMILES string of the molecule is CCc1ccc(CC(=O)N/N=C/c2ccc(C)cc2)cc1. The highest BCUT2D eigenvalue weighted by molar-refractivity contribution is 5.83. The predicted molar refractivity (Wildman–Crippen MR) is 86.4 cm³/mol. The third kappa shape index (κ3) is 4.88. The third-order valence-corrected chi connectivity index (χ3v) is 3.28. The van der Waals surface area contributed by atoms with Crippen LogP contribution in [0.15, 0.2) is 53.6 Å². The number of aryl methyl sites for hydroxylation is 2. The van der Waals surface area contributed by atoms with Crippen LogP contribution in [0.4, 0.5) is 0 Å². The van der Waals surface area contributed by atoms with Gasteiger partial charge in [-0.1, -0.05) is 61.0 Å². The van der Waals surface area contributed by atoms with Crippen molar-refractivity contribution in [2.24, 2.45) is 5.10 Å². The number of nitrogens with zero attached hydrogens (tertiary/aromatic N) is 1. The predicted octanol–water partition coefficient (Wildman–Crippen LogP) is 3.25. The summed E-state index contributed by atoms with van der Waals surface area (Å²) in [6.07, 6.45) is 3.00. The maximum absolute atomic E-state index is 11.8. The first kappa shape index (κ1) is 15.0. The summed E-state index contributed by atoms with van der Waals surface area (Å²) in [4.78, 5) is 11.8. The van der Waals surface area contributed by atoms with Crippen LogP contribution in [0.3, 0.4) is 0 Å². The molecule has 3 heteroatoms. The second-order valence-corrected chi connectivity index (χ2v) is 5.05. The second kappa shape index (κ2) is 7.39. The Morgan fingerprint density at radius 3 is 2.29 bits per heavy atom. The number of hydrogen-bond donors (Lipinski definition) is 1. The number of rotatable bonds is 5. The quantitative estimate of drug-likeness (QED) is 0.663. The van der Waals surface area contributed by atoms with E-state index in [1.165, 1.54) is 11.1 Å². The van der Waals surface area contributed by atoms with E-state index in [9.17, 15) is 4.79 Å². The van der Waals surface area contributed by atoms with Crippen molar-refractivity contribution in [3.05, 3.63) is 70.8 Å². The fourth-order valence-electron chi connectivity index (χ4n) is 1.95. The van der Waals surface area contributed by atoms with E-state index in [-0.39, 0.29) is 5.91 Å². The number of amides is 1. The Hall–Kier alpha value is -2.42. The van der Waals surface area contributed by atoms with Crippen LogP contribution < -0.4 is 5.43 Å². The van der Waals surface area contributed by atoms with Gasteiger partial charge in [0.1, 0.15) is 0 Å². The van der Waals surface area contributed by atoms with Gasteiger partial charge in [0.05, 0.1) is 12.6 Å². The Labute approximate surface area is 125 Å². The van der Waals surface area contributed by atoms with Crippen molar-refractivity contribution in [1.82, 2.24) is 5.43 Å². The van der Waals surface area contributed by atoms with Gasteiger partial charge in [-0.05, 0) is 30.0 Å². The monoisotopic (exact) mass is 280 g/mol. The van der Waals surface area contributed by atoms with Crippen molar-refractivity contribution in [2.75, 3.05) is 0 Å². The van der Waals surface area contributed by atoms with E-state index in [0.717, 1.165) is 17.5 Å². The first-order valence-corrected chi connectivity index (χ1v) is 7.14. The molecule has 0 saturated heterocycles. The third-order valence-electron chi connectivity index (χ3n) is 3.28. The van der Waals surface area contributed by atoms with E-state index in [4.69, 9.17) is 0 Å². The van der Waals surface area contributed by atoms with Gasteiger partial charge < -0.3 is 0 Å². The Kier molecular flexibility index (Phi) is 5.27. The minimum absolute atomic E-state index is 0.109. The minimum Gasteiger partial charge on any atom is -0.273 e. The molecule has 1 amide bonds. The molecule has 0 fully saturated rings. The number of hydrogen-bond acceptors (Lipinski definition) is 2. The van der Waals surface area contributed by atoms with Crippen LogP contribution in [-0.4, -0.2) is 12.1 Å². The number of carbonyl (C=O) groups excluding carboxylic acids is 1. The van der Waals surface area contributed by atoms with Gasteiger partial charge in [-0.25, -0.2) is 5.43 Å². The lowest BCUT2D eigenvalue weighted by atomic mass is 10.1. The lowest BCUT2D eigenvalue weighted by Crippen LogP contribution is -2.19. The van der Waals surface area contributed by atoms with Gasteiger partial charge in [0.15, 0.2) is 0 Å². The number of nitrogens with one attached hydrogen (secondary N) is 1. The largest absolute Gasteiger partial charge is 0.273 e. The molecule has 0 aliphatic heterocycles. The van der Waals surface area contributed by atoms with Gasteiger partial charge in [-0.3, -0.25) is 4.79 Å². The zero-order valence-electron chi connectivity index (χ0n) is 12.5. The Bertz CT molecular complexity index is 613. The Morgan fingerprint density at radius 2 is 1.67 bits per heavy atom. The van der Waals surface area contributed by atoms with Gasteiger partial charge in [0.2, 0.25) is 5.91 Å². The molecule has 0 aliphatic rings. The molecule has 0 aromatic heterocycles. The molecule has 0 radical (unpaired) electrons. The van der Waals surface area contributed by atoms with Crippen molar-refractivity contribution in [3.8, 4) is 0 Å². The smallest absolute Gasteiger partial charge is 0.244 e. The fraction of sp³-hybridized carbons (Fsp3) is 0.222. The molecule has 0 spiro atoms. The lowest BCUT2D eigenvalue weighted by Gasteiger charge is -2.02. The van der Waals surface area contributed by atoms with Gasteiger partial charge >= 0.3 is 0 Å². The zero-order valence-corrected chi connectivity index (χ0v) is 12.5. The standard InChI is InChI=1S/C18H20N2O/c1-3-15-8-10-16(11-9-15)12-18(21)20-19-13-17-6-4-14(2)5-7-17/h4-11,13H,3,12H2,1-2H3,(H,20,21)/b19-13+. The molecule has 0 bridgehead atoms. The Morgan fingerprint density at radius 1 is 1.05 bits per heavy atom. The molecule has 2 rings (SSSR count). The molecule has 0 aliphatic carbocycles. The highest BCUT2D eigenvalue weighted by Crippen LogP contribution is 2.05. The van der Waals surface area contributed by atoms with Crippen molar-refractivity contribution in [2.45, 2.75) is 26.7 Å². The Balaban J connectivity index is 1.85. The summed E-state index contributed by atoms with van der Waals surface area (Å²) >= 11 is 0. The van der Waals surface area contributed by atoms with Crippen LogP contribution in [0.2, 0.25) is 0 Å². The van der Waals surface area contributed by atoms with Crippen LogP contribution in [-0.2, 0) is 17.6 Å². The zero-order chi connectivity index (χ0) is 15.1. The second-order valence-electron chi connectivity index (χ2n) is 5.05. The summed E-state index contributed by atoms with van der Waals surface area (Å²) in [6.45, 7) is 4.15. The molecule has 2 aromatic rings. The normalized spacial score (nSPS) is 10.8. The summed E-state index contributed by atoms with van der Waals surface area (Å²) in [6, 6.07) is 16.0. The number of carbonyl (C=O) groups is 1. The van der Waals surface area contributed by atoms with Gasteiger partial charge in [0, 0.05) is 0 Å². The van der Waals surface area contributed by atoms with Crippen LogP contribution in [0.5, 0.6) is 0 Å². The van der Waals surface area contributed by atoms with Crippen molar-refractivity contribution in [3.63, 3.8) is 0 Å². The highest BCUT2D eigenvalue weighted by atomic mass is 16.2. The average Bonchev–Trinajstić information content (AvgIpc) is 2.50. The minimum atomic E-state index is -0.109. The lowest BCUT2D eigenvalue weighted by molar-refractivity contribution is -0.120. The van der Waals surface area contributed by atoms with Crippen LogP contribution in [0, 0.1) is 6.92 Å². The summed E-state index contributed by atoms with van der Waals surface area (Å²) in [5.41, 5.74) is 6.99. The molecule has 0 unspecified atom stereocenters. The maximum atomic E-state index is 11.8. The molecule has 1 N–H and O–H groups in total. The molecule has 0 atom stereocenters. The van der Waals surface area contributed by atoms with Gasteiger partial charge in [0.25, 0.3) is 0 Å². The van der Waals surface area contributed by atoms with Crippen LogP contribution in [0.1, 0.15) is 29.2 Å². The average molecular weight is 280 g/mol.